The summed E-state index contributed by atoms with van der Waals surface area (Å²) >= 11 is 0. The number of hydrogen-bond donors (Lipinski definition) is 3. The second kappa shape index (κ2) is 3.44. The van der Waals surface area contributed by atoms with Crippen molar-refractivity contribution < 1.29 is 0 Å². The van der Waals surface area contributed by atoms with Crippen LogP contribution in [0, 0.1) is 0 Å². The number of benzene rings is 1. The molecular weight excluding hydrogens is 216 g/mol. The van der Waals surface area contributed by atoms with E-state index in [1.165, 1.54) is 0 Å². The van der Waals surface area contributed by atoms with E-state index in [4.69, 9.17) is 11.5 Å². The molecule has 0 aliphatic heterocycles. The van der Waals surface area contributed by atoms with Crippen LogP contribution < -0.4 is 11.5 Å². The van der Waals surface area contributed by atoms with E-state index in [-0.39, 0.29) is 5.82 Å². The van der Waals surface area contributed by atoms with Crippen molar-refractivity contribution >= 4 is 22.5 Å². The molecular formula is C11H10N6. The van der Waals surface area contributed by atoms with Crippen LogP contribution in [0.2, 0.25) is 0 Å². The molecule has 2 aromatic heterocycles. The highest BCUT2D eigenvalue weighted by atomic mass is 15.2. The second-order valence-corrected chi connectivity index (χ2v) is 3.64. The fraction of sp³-hybridized carbons (Fsp3) is 0. The number of para-hydroxylation sites is 2. The van der Waals surface area contributed by atoms with Gasteiger partial charge in [-0.3, -0.25) is 10.1 Å². The van der Waals surface area contributed by atoms with Crippen LogP contribution in [0.4, 0.5) is 11.5 Å². The van der Waals surface area contributed by atoms with Crippen molar-refractivity contribution in [3.63, 3.8) is 0 Å². The van der Waals surface area contributed by atoms with Crippen LogP contribution in [0.1, 0.15) is 0 Å². The third-order valence-electron chi connectivity index (χ3n) is 2.54. The minimum atomic E-state index is 0.273. The van der Waals surface area contributed by atoms with Gasteiger partial charge < -0.3 is 11.5 Å². The number of aromatic amines is 1. The average Bonchev–Trinajstić information content (AvgIpc) is 2.70. The number of nitrogens with zero attached hydrogens (tertiary/aromatic N) is 3. The highest BCUT2D eigenvalue weighted by Crippen LogP contribution is 2.26. The van der Waals surface area contributed by atoms with E-state index in [1.54, 1.807) is 6.20 Å². The largest absolute Gasteiger partial charge is 0.394 e. The fourth-order valence-corrected chi connectivity index (χ4v) is 1.64. The van der Waals surface area contributed by atoms with Gasteiger partial charge in [-0.2, -0.15) is 5.10 Å². The third-order valence-corrected chi connectivity index (χ3v) is 2.54. The molecule has 2 heterocycles. The fourth-order valence-electron chi connectivity index (χ4n) is 1.64. The standard InChI is InChI=1S/C11H10N6/c12-9-10(16-17-11(9)13)8-5-14-6-3-1-2-4-7(6)15-8/h1-5H,12H2,(H3,13,16,17). The van der Waals surface area contributed by atoms with Crippen LogP contribution in [-0.2, 0) is 0 Å². The number of rotatable bonds is 1. The summed E-state index contributed by atoms with van der Waals surface area (Å²) < 4.78 is 0. The molecule has 17 heavy (non-hydrogen) atoms. The van der Waals surface area contributed by atoms with Gasteiger partial charge in [-0.15, -0.1) is 0 Å². The molecule has 6 heteroatoms. The Labute approximate surface area is 96.7 Å². The summed E-state index contributed by atoms with van der Waals surface area (Å²) in [6, 6.07) is 7.61. The van der Waals surface area contributed by atoms with Crippen molar-refractivity contribution in [3.05, 3.63) is 30.5 Å². The zero-order valence-electron chi connectivity index (χ0n) is 8.88. The van der Waals surface area contributed by atoms with Crippen molar-refractivity contribution in [2.45, 2.75) is 0 Å². The first-order valence-corrected chi connectivity index (χ1v) is 5.07. The summed E-state index contributed by atoms with van der Waals surface area (Å²) in [4.78, 5) is 8.75. The topological polar surface area (TPSA) is 106 Å². The second-order valence-electron chi connectivity index (χ2n) is 3.64. The van der Waals surface area contributed by atoms with Crippen LogP contribution >= 0.6 is 0 Å². The lowest BCUT2D eigenvalue weighted by Gasteiger charge is -2.00. The number of fused-ring (bicyclic) bond motifs is 1. The van der Waals surface area contributed by atoms with Gasteiger partial charge in [-0.25, -0.2) is 4.98 Å². The van der Waals surface area contributed by atoms with E-state index in [1.807, 2.05) is 24.3 Å². The number of aromatic nitrogens is 4. The van der Waals surface area contributed by atoms with Crippen LogP contribution in [0.25, 0.3) is 22.4 Å². The number of nitrogen functional groups attached to an aromatic ring is 2. The molecule has 6 nitrogen and oxygen atoms in total. The van der Waals surface area contributed by atoms with Gasteiger partial charge in [-0.05, 0) is 12.1 Å². The van der Waals surface area contributed by atoms with Crippen LogP contribution in [0.15, 0.2) is 30.5 Å². The van der Waals surface area contributed by atoms with Gasteiger partial charge in [0, 0.05) is 0 Å². The summed E-state index contributed by atoms with van der Waals surface area (Å²) in [5, 5.41) is 6.58. The summed E-state index contributed by atoms with van der Waals surface area (Å²) in [6.45, 7) is 0. The number of hydrogen-bond acceptors (Lipinski definition) is 5. The van der Waals surface area contributed by atoms with Crippen LogP contribution in [0.5, 0.6) is 0 Å². The molecule has 0 saturated carbocycles. The number of nitrogens with two attached hydrogens (primary N) is 2. The molecule has 0 aliphatic carbocycles. The Morgan fingerprint density at radius 3 is 2.53 bits per heavy atom. The summed E-state index contributed by atoms with van der Waals surface area (Å²) in [5.74, 6) is 0.273. The first-order chi connectivity index (χ1) is 8.25. The molecule has 0 fully saturated rings. The predicted octanol–water partition coefficient (Wildman–Crippen LogP) is 1.18. The first kappa shape index (κ1) is 9.59. The monoisotopic (exact) mass is 226 g/mol. The molecule has 0 amide bonds. The highest BCUT2D eigenvalue weighted by molar-refractivity contribution is 5.81. The Hall–Kier alpha value is -2.63. The van der Waals surface area contributed by atoms with Crippen molar-refractivity contribution in [2.75, 3.05) is 11.5 Å². The van der Waals surface area contributed by atoms with Gasteiger partial charge in [0.25, 0.3) is 0 Å². The molecule has 0 saturated heterocycles. The van der Waals surface area contributed by atoms with E-state index in [9.17, 15) is 0 Å². The van der Waals surface area contributed by atoms with E-state index >= 15 is 0 Å². The van der Waals surface area contributed by atoms with Gasteiger partial charge >= 0.3 is 0 Å². The minimum Gasteiger partial charge on any atom is -0.394 e. The molecule has 3 rings (SSSR count). The first-order valence-electron chi connectivity index (χ1n) is 5.07. The van der Waals surface area contributed by atoms with Gasteiger partial charge in [-0.1, -0.05) is 12.1 Å². The lowest BCUT2D eigenvalue weighted by atomic mass is 10.2. The van der Waals surface area contributed by atoms with Gasteiger partial charge in [0.05, 0.1) is 17.2 Å². The molecule has 0 atom stereocenters. The maximum atomic E-state index is 5.79. The smallest absolute Gasteiger partial charge is 0.169 e. The Morgan fingerprint density at radius 2 is 1.82 bits per heavy atom. The van der Waals surface area contributed by atoms with Crippen molar-refractivity contribution in [2.24, 2.45) is 0 Å². The van der Waals surface area contributed by atoms with Crippen molar-refractivity contribution in [1.29, 1.82) is 0 Å². The number of H-pyrrole nitrogens is 1. The van der Waals surface area contributed by atoms with Gasteiger partial charge in [0.1, 0.15) is 17.1 Å². The van der Waals surface area contributed by atoms with E-state index < -0.39 is 0 Å². The summed E-state index contributed by atoms with van der Waals surface area (Å²) in [5.41, 5.74) is 14.6. The maximum Gasteiger partial charge on any atom is 0.169 e. The molecule has 84 valence electrons. The molecule has 0 radical (unpaired) electrons. The Balaban J connectivity index is 2.21. The highest BCUT2D eigenvalue weighted by Gasteiger charge is 2.11. The molecule has 0 spiro atoms. The normalized spacial score (nSPS) is 10.8. The van der Waals surface area contributed by atoms with Gasteiger partial charge in [0.15, 0.2) is 5.82 Å². The summed E-state index contributed by atoms with van der Waals surface area (Å²) in [7, 11) is 0. The lowest BCUT2D eigenvalue weighted by Crippen LogP contribution is -1.94. The predicted molar refractivity (Wildman–Crippen MR) is 65.9 cm³/mol. The van der Waals surface area contributed by atoms with E-state index in [0.717, 1.165) is 11.0 Å². The Bertz CT molecular complexity index is 687. The Morgan fingerprint density at radius 1 is 1.06 bits per heavy atom. The quantitative estimate of drug-likeness (QED) is 0.577. The molecule has 3 aromatic rings. The SMILES string of the molecule is Nc1n[nH]c(-c2cnc3ccccc3n2)c1N. The number of anilines is 2. The molecule has 0 aliphatic rings. The average molecular weight is 226 g/mol. The minimum absolute atomic E-state index is 0.273. The zero-order chi connectivity index (χ0) is 11.8. The molecule has 0 unspecified atom stereocenters. The van der Waals surface area contributed by atoms with Crippen molar-refractivity contribution in [1.82, 2.24) is 20.2 Å². The number of nitrogens with one attached hydrogen (secondary N) is 1. The van der Waals surface area contributed by atoms with E-state index in [2.05, 4.69) is 20.2 Å². The van der Waals surface area contributed by atoms with E-state index in [0.29, 0.717) is 17.1 Å². The van der Waals surface area contributed by atoms with Crippen LogP contribution in [-0.4, -0.2) is 20.2 Å². The van der Waals surface area contributed by atoms with Gasteiger partial charge in [0.2, 0.25) is 0 Å². The lowest BCUT2D eigenvalue weighted by molar-refractivity contribution is 1.09. The van der Waals surface area contributed by atoms with Crippen LogP contribution in [0.3, 0.4) is 0 Å². The molecule has 1 aromatic carbocycles. The van der Waals surface area contributed by atoms with Crippen molar-refractivity contribution in [3.8, 4) is 11.4 Å². The third kappa shape index (κ3) is 1.46. The molecule has 5 N–H and O–H groups in total. The zero-order valence-corrected chi connectivity index (χ0v) is 8.88. The Kier molecular flexibility index (Phi) is 1.94. The maximum absolute atomic E-state index is 5.79. The molecule has 0 bridgehead atoms. The summed E-state index contributed by atoms with van der Waals surface area (Å²) in [6.07, 6.45) is 1.64.